The van der Waals surface area contributed by atoms with Crippen molar-refractivity contribution < 1.29 is 19.0 Å². The quantitative estimate of drug-likeness (QED) is 0.446. The lowest BCUT2D eigenvalue weighted by Crippen LogP contribution is -2.13. The Bertz CT molecular complexity index is 92.6. The Morgan fingerprint density at radius 2 is 2.09 bits per heavy atom. The molecule has 0 spiro atoms. The maximum absolute atomic E-state index is 8.38. The topological polar surface area (TPSA) is 58.9 Å². The summed E-state index contributed by atoms with van der Waals surface area (Å²) in [5, 5.41) is 0. The Balaban J connectivity index is 3.35. The maximum Gasteiger partial charge on any atom is 0.327 e. The number of hydrogen-bond donors (Lipinski definition) is 2. The minimum atomic E-state index is -2.26. The van der Waals surface area contributed by atoms with Gasteiger partial charge in [0.15, 0.2) is 0 Å². The van der Waals surface area contributed by atoms with Crippen molar-refractivity contribution in [3.05, 3.63) is 0 Å². The SMILES string of the molecule is [B]C[C@H](COC)COP(O)O. The Labute approximate surface area is 68.9 Å². The van der Waals surface area contributed by atoms with Crippen molar-refractivity contribution in [2.75, 3.05) is 20.3 Å². The third-order valence-corrected chi connectivity index (χ3v) is 1.54. The van der Waals surface area contributed by atoms with E-state index in [9.17, 15) is 0 Å². The fraction of sp³-hybridized carbons (Fsp3) is 1.00. The monoisotopic (exact) mass is 178 g/mol. The van der Waals surface area contributed by atoms with Gasteiger partial charge in [0.25, 0.3) is 0 Å². The molecule has 0 unspecified atom stereocenters. The van der Waals surface area contributed by atoms with Crippen LogP contribution in [0.25, 0.3) is 0 Å². The highest BCUT2D eigenvalue weighted by molar-refractivity contribution is 7.39. The van der Waals surface area contributed by atoms with Crippen molar-refractivity contribution in [2.24, 2.45) is 5.92 Å². The molecule has 0 heterocycles. The fourth-order valence-electron chi connectivity index (χ4n) is 0.592. The minimum Gasteiger partial charge on any atom is -0.384 e. The van der Waals surface area contributed by atoms with E-state index in [1.54, 1.807) is 7.11 Å². The lowest BCUT2D eigenvalue weighted by molar-refractivity contribution is 0.121. The van der Waals surface area contributed by atoms with Gasteiger partial charge in [-0.2, -0.15) is 0 Å². The Hall–Kier alpha value is 0.335. The standard InChI is InChI=1S/C5H12BO4P/c1-9-3-5(2-6)4-10-11(7)8/h5,7-8H,2-4H2,1H3/t5-/m1/s1. The van der Waals surface area contributed by atoms with Crippen LogP contribution in [0.15, 0.2) is 0 Å². The second-order valence-corrected chi connectivity index (χ2v) is 2.87. The first kappa shape index (κ1) is 11.3. The molecule has 0 aromatic carbocycles. The summed E-state index contributed by atoms with van der Waals surface area (Å²) in [4.78, 5) is 16.8. The van der Waals surface area contributed by atoms with Gasteiger partial charge in [0.05, 0.1) is 21.1 Å². The smallest absolute Gasteiger partial charge is 0.327 e. The predicted molar refractivity (Wildman–Crippen MR) is 43.2 cm³/mol. The van der Waals surface area contributed by atoms with Crippen LogP contribution in [0.3, 0.4) is 0 Å². The second-order valence-electron chi connectivity index (χ2n) is 2.11. The molecule has 6 heteroatoms. The fourth-order valence-corrected chi connectivity index (χ4v) is 0.936. The largest absolute Gasteiger partial charge is 0.384 e. The van der Waals surface area contributed by atoms with Crippen LogP contribution in [-0.4, -0.2) is 38.0 Å². The van der Waals surface area contributed by atoms with Gasteiger partial charge in [-0.1, -0.05) is 6.32 Å². The van der Waals surface area contributed by atoms with E-state index in [-0.39, 0.29) is 12.5 Å². The Morgan fingerprint density at radius 1 is 1.45 bits per heavy atom. The van der Waals surface area contributed by atoms with Crippen LogP contribution in [0.5, 0.6) is 0 Å². The van der Waals surface area contributed by atoms with Crippen molar-refractivity contribution in [3.8, 4) is 0 Å². The molecule has 0 aliphatic rings. The molecular formula is C5H12BO4P. The number of rotatable bonds is 6. The molecule has 0 saturated carbocycles. The summed E-state index contributed by atoms with van der Waals surface area (Å²) in [5.41, 5.74) is 0. The molecule has 4 nitrogen and oxygen atoms in total. The van der Waals surface area contributed by atoms with Crippen LogP contribution < -0.4 is 0 Å². The van der Waals surface area contributed by atoms with Crippen LogP contribution in [0, 0.1) is 5.92 Å². The highest BCUT2D eigenvalue weighted by atomic mass is 31.2. The summed E-state index contributed by atoms with van der Waals surface area (Å²) in [6, 6.07) is 0. The van der Waals surface area contributed by atoms with Crippen molar-refractivity contribution >= 4 is 16.4 Å². The second kappa shape index (κ2) is 7.01. The normalized spacial score (nSPS) is 13.8. The lowest BCUT2D eigenvalue weighted by atomic mass is 9.93. The predicted octanol–water partition coefficient (Wildman–Crippen LogP) is 0.0639. The molecule has 0 aromatic heterocycles. The molecule has 11 heavy (non-hydrogen) atoms. The third kappa shape index (κ3) is 6.72. The first-order valence-corrected chi connectivity index (χ1v) is 4.37. The van der Waals surface area contributed by atoms with Crippen LogP contribution >= 0.6 is 8.60 Å². The van der Waals surface area contributed by atoms with Gasteiger partial charge < -0.3 is 19.0 Å². The Morgan fingerprint density at radius 3 is 2.45 bits per heavy atom. The van der Waals surface area contributed by atoms with E-state index in [2.05, 4.69) is 4.52 Å². The summed E-state index contributed by atoms with van der Waals surface area (Å²) in [6.07, 6.45) is 0.414. The molecule has 0 amide bonds. The molecule has 0 rings (SSSR count). The molecule has 0 aliphatic heterocycles. The van der Waals surface area contributed by atoms with Crippen molar-refractivity contribution in [3.63, 3.8) is 0 Å². The van der Waals surface area contributed by atoms with Gasteiger partial charge in [-0.05, 0) is 5.92 Å². The van der Waals surface area contributed by atoms with Crippen molar-refractivity contribution in [1.29, 1.82) is 0 Å². The summed E-state index contributed by atoms with van der Waals surface area (Å²) >= 11 is 0. The summed E-state index contributed by atoms with van der Waals surface area (Å²) in [5.74, 6) is 0.0318. The molecule has 64 valence electrons. The third-order valence-electron chi connectivity index (χ3n) is 1.16. The highest BCUT2D eigenvalue weighted by Gasteiger charge is 2.08. The van der Waals surface area contributed by atoms with Crippen molar-refractivity contribution in [1.82, 2.24) is 0 Å². The molecular weight excluding hydrogens is 166 g/mol. The van der Waals surface area contributed by atoms with Crippen molar-refractivity contribution in [2.45, 2.75) is 6.32 Å². The molecule has 0 aliphatic carbocycles. The van der Waals surface area contributed by atoms with Gasteiger partial charge in [-0.3, -0.25) is 0 Å². The van der Waals surface area contributed by atoms with E-state index in [1.165, 1.54) is 0 Å². The van der Waals surface area contributed by atoms with E-state index in [0.29, 0.717) is 12.9 Å². The van der Waals surface area contributed by atoms with E-state index >= 15 is 0 Å². The first-order valence-electron chi connectivity index (χ1n) is 3.20. The Kier molecular flexibility index (Phi) is 7.22. The van der Waals surface area contributed by atoms with E-state index in [1.807, 2.05) is 0 Å². The van der Waals surface area contributed by atoms with E-state index in [0.717, 1.165) is 0 Å². The van der Waals surface area contributed by atoms with Gasteiger partial charge in [0, 0.05) is 7.11 Å². The molecule has 2 N–H and O–H groups in total. The summed E-state index contributed by atoms with van der Waals surface area (Å²) in [7, 11) is 4.63. The molecule has 1 atom stereocenters. The van der Waals surface area contributed by atoms with Gasteiger partial charge in [0.1, 0.15) is 0 Å². The van der Waals surface area contributed by atoms with Crippen LogP contribution in [0.1, 0.15) is 0 Å². The van der Waals surface area contributed by atoms with Gasteiger partial charge in [-0.25, -0.2) is 0 Å². The zero-order valence-electron chi connectivity index (χ0n) is 6.43. The van der Waals surface area contributed by atoms with Gasteiger partial charge >= 0.3 is 8.60 Å². The lowest BCUT2D eigenvalue weighted by Gasteiger charge is -2.13. The molecule has 0 aromatic rings. The number of methoxy groups -OCH3 is 1. The minimum absolute atomic E-state index is 0.0318. The summed E-state index contributed by atoms with van der Waals surface area (Å²) in [6.45, 7) is 0.697. The summed E-state index contributed by atoms with van der Waals surface area (Å²) < 4.78 is 9.37. The zero-order valence-corrected chi connectivity index (χ0v) is 7.33. The maximum atomic E-state index is 8.38. The zero-order chi connectivity index (χ0) is 8.69. The number of ether oxygens (including phenoxy) is 1. The molecule has 0 bridgehead atoms. The number of hydrogen-bond acceptors (Lipinski definition) is 4. The van der Waals surface area contributed by atoms with Crippen LogP contribution in [0.4, 0.5) is 0 Å². The average Bonchev–Trinajstić information content (AvgIpc) is 1.97. The van der Waals surface area contributed by atoms with Crippen LogP contribution in [-0.2, 0) is 9.26 Å². The van der Waals surface area contributed by atoms with Crippen LogP contribution in [0.2, 0.25) is 6.32 Å². The highest BCUT2D eigenvalue weighted by Crippen LogP contribution is 2.25. The first-order chi connectivity index (χ1) is 5.20. The molecule has 0 saturated heterocycles. The molecule has 0 fully saturated rings. The van der Waals surface area contributed by atoms with E-state index in [4.69, 9.17) is 22.4 Å². The van der Waals surface area contributed by atoms with Gasteiger partial charge in [0.2, 0.25) is 0 Å². The average molecular weight is 178 g/mol. The van der Waals surface area contributed by atoms with Gasteiger partial charge in [-0.15, -0.1) is 0 Å². The van der Waals surface area contributed by atoms with E-state index < -0.39 is 8.60 Å². The molecule has 2 radical (unpaired) electrons.